The summed E-state index contributed by atoms with van der Waals surface area (Å²) in [7, 11) is 1.79. The normalized spacial score (nSPS) is 11.8. The van der Waals surface area contributed by atoms with Crippen molar-refractivity contribution in [2.24, 2.45) is 0 Å². The molecule has 0 fully saturated rings. The van der Waals surface area contributed by atoms with Crippen molar-refractivity contribution in [3.05, 3.63) is 23.3 Å². The first kappa shape index (κ1) is 14.2. The Hall–Kier alpha value is 0.160. The molecule has 0 amide bonds. The van der Waals surface area contributed by atoms with Crippen LogP contribution in [0.4, 0.5) is 0 Å². The van der Waals surface area contributed by atoms with E-state index < -0.39 is 9.05 Å². The van der Waals surface area contributed by atoms with Gasteiger partial charge >= 0.3 is 0 Å². The van der Waals surface area contributed by atoms with Gasteiger partial charge in [0.15, 0.2) is 0 Å². The van der Waals surface area contributed by atoms with Crippen LogP contribution in [0.5, 0.6) is 0 Å². The fourth-order valence-corrected chi connectivity index (χ4v) is 3.80. The van der Waals surface area contributed by atoms with Gasteiger partial charge < -0.3 is 0 Å². The Kier molecular flexibility index (Phi) is 5.04. The van der Waals surface area contributed by atoms with E-state index in [1.165, 1.54) is 11.8 Å². The highest BCUT2D eigenvalue weighted by Crippen LogP contribution is 2.30. The van der Waals surface area contributed by atoms with E-state index in [1.807, 2.05) is 31.6 Å². The van der Waals surface area contributed by atoms with Crippen molar-refractivity contribution in [3.8, 4) is 0 Å². The Balaban J connectivity index is 3.25. The minimum absolute atomic E-state index is 0.113. The largest absolute Gasteiger partial charge is 0.236 e. The third-order valence-corrected chi connectivity index (χ3v) is 4.81. The van der Waals surface area contributed by atoms with Crippen LogP contribution in [0.15, 0.2) is 21.9 Å². The third-order valence-electron chi connectivity index (χ3n) is 2.13. The van der Waals surface area contributed by atoms with Gasteiger partial charge in [0.25, 0.3) is 0 Å². The molecule has 1 rings (SSSR count). The zero-order valence-corrected chi connectivity index (χ0v) is 12.5. The predicted molar refractivity (Wildman–Crippen MR) is 73.2 cm³/mol. The van der Waals surface area contributed by atoms with Gasteiger partial charge in [-0.1, -0.05) is 0 Å². The van der Waals surface area contributed by atoms with Crippen LogP contribution in [0, 0.1) is 6.92 Å². The summed E-state index contributed by atoms with van der Waals surface area (Å²) in [6.07, 6.45) is 3.90. The molecular formula is C10H13ClO2S3. The van der Waals surface area contributed by atoms with Gasteiger partial charge in [-0.2, -0.15) is 0 Å². The first-order valence-corrected chi connectivity index (χ1v) is 9.44. The number of benzene rings is 1. The number of aryl methyl sites for hydroxylation is 1. The molecule has 90 valence electrons. The van der Waals surface area contributed by atoms with E-state index in [0.29, 0.717) is 0 Å². The van der Waals surface area contributed by atoms with E-state index in [2.05, 4.69) is 0 Å². The molecule has 0 N–H and O–H groups in total. The summed E-state index contributed by atoms with van der Waals surface area (Å²) in [4.78, 5) is 2.06. The van der Waals surface area contributed by atoms with Crippen LogP contribution in [0.25, 0.3) is 0 Å². The highest BCUT2D eigenvalue weighted by atomic mass is 35.7. The summed E-state index contributed by atoms with van der Waals surface area (Å²) >= 11 is 3.14. The number of hydrogen-bond acceptors (Lipinski definition) is 4. The summed E-state index contributed by atoms with van der Waals surface area (Å²) in [6.45, 7) is 2.02. The molecule has 0 saturated heterocycles. The lowest BCUT2D eigenvalue weighted by Crippen LogP contribution is -1.98. The van der Waals surface area contributed by atoms with Crippen molar-refractivity contribution >= 4 is 43.3 Å². The zero-order valence-electron chi connectivity index (χ0n) is 9.28. The molecule has 1 aromatic rings. The molecule has 0 radical (unpaired) electrons. The molecular weight excluding hydrogens is 284 g/mol. The van der Waals surface area contributed by atoms with Gasteiger partial charge in [-0.15, -0.1) is 23.5 Å². The van der Waals surface area contributed by atoms with E-state index >= 15 is 0 Å². The number of thioether (sulfide) groups is 2. The van der Waals surface area contributed by atoms with Crippen LogP contribution in [-0.2, 0) is 14.8 Å². The first-order valence-electron chi connectivity index (χ1n) is 4.51. The van der Waals surface area contributed by atoms with Crippen LogP contribution in [-0.4, -0.2) is 20.9 Å². The van der Waals surface area contributed by atoms with Crippen molar-refractivity contribution in [1.29, 1.82) is 0 Å². The summed E-state index contributed by atoms with van der Waals surface area (Å²) in [5.41, 5.74) is 1.94. The molecule has 1 aromatic carbocycles. The van der Waals surface area contributed by atoms with E-state index in [9.17, 15) is 8.42 Å². The highest BCUT2D eigenvalue weighted by molar-refractivity contribution is 8.13. The van der Waals surface area contributed by atoms with Crippen LogP contribution < -0.4 is 0 Å². The lowest BCUT2D eigenvalue weighted by molar-refractivity contribution is 0.608. The Bertz CT molecular complexity index is 483. The van der Waals surface area contributed by atoms with E-state index in [-0.39, 0.29) is 5.75 Å². The average Bonchev–Trinajstić information content (AvgIpc) is 2.18. The van der Waals surface area contributed by atoms with Crippen molar-refractivity contribution in [2.75, 3.05) is 12.5 Å². The monoisotopic (exact) mass is 296 g/mol. The summed E-state index contributed by atoms with van der Waals surface area (Å²) in [5.74, 6) is -0.113. The first-order chi connectivity index (χ1) is 7.37. The van der Waals surface area contributed by atoms with Gasteiger partial charge in [0.05, 0.1) is 5.75 Å². The van der Waals surface area contributed by atoms with E-state index in [0.717, 1.165) is 20.9 Å². The molecule has 0 spiro atoms. The zero-order chi connectivity index (χ0) is 12.3. The second kappa shape index (κ2) is 5.67. The molecule has 0 saturated carbocycles. The van der Waals surface area contributed by atoms with E-state index in [4.69, 9.17) is 10.7 Å². The molecule has 16 heavy (non-hydrogen) atoms. The van der Waals surface area contributed by atoms with Crippen LogP contribution in [0.1, 0.15) is 11.1 Å². The van der Waals surface area contributed by atoms with Crippen LogP contribution in [0.2, 0.25) is 0 Å². The maximum absolute atomic E-state index is 11.1. The molecule has 0 aromatic heterocycles. The van der Waals surface area contributed by atoms with Gasteiger partial charge in [-0.3, -0.25) is 0 Å². The van der Waals surface area contributed by atoms with Crippen molar-refractivity contribution in [2.45, 2.75) is 22.5 Å². The van der Waals surface area contributed by atoms with Gasteiger partial charge in [-0.05, 0) is 42.7 Å². The summed E-state index contributed by atoms with van der Waals surface area (Å²) < 4.78 is 22.2. The second-order valence-electron chi connectivity index (χ2n) is 3.32. The number of rotatable bonds is 4. The maximum Gasteiger partial charge on any atom is 0.236 e. The second-order valence-corrected chi connectivity index (χ2v) is 7.79. The van der Waals surface area contributed by atoms with Crippen molar-refractivity contribution in [3.63, 3.8) is 0 Å². The smallest absolute Gasteiger partial charge is 0.212 e. The van der Waals surface area contributed by atoms with Crippen molar-refractivity contribution in [1.82, 2.24) is 0 Å². The molecule has 2 nitrogen and oxygen atoms in total. The Morgan fingerprint density at radius 1 is 1.19 bits per heavy atom. The van der Waals surface area contributed by atoms with Crippen LogP contribution in [0.3, 0.4) is 0 Å². The minimum atomic E-state index is -3.50. The minimum Gasteiger partial charge on any atom is -0.212 e. The lowest BCUT2D eigenvalue weighted by Gasteiger charge is -2.10. The molecule has 0 bridgehead atoms. The quantitative estimate of drug-likeness (QED) is 0.629. The average molecular weight is 297 g/mol. The summed E-state index contributed by atoms with van der Waals surface area (Å²) in [6, 6.07) is 3.92. The third kappa shape index (κ3) is 3.87. The SMILES string of the molecule is CSc1cc(CS(=O)(=O)Cl)c(SC)cc1C. The van der Waals surface area contributed by atoms with Gasteiger partial charge in [0, 0.05) is 20.5 Å². The number of hydrogen-bond donors (Lipinski definition) is 0. The fourth-order valence-electron chi connectivity index (χ4n) is 1.41. The highest BCUT2D eigenvalue weighted by Gasteiger charge is 2.13. The maximum atomic E-state index is 11.1. The molecule has 0 aliphatic carbocycles. The van der Waals surface area contributed by atoms with E-state index in [1.54, 1.807) is 11.8 Å². The number of halogens is 1. The lowest BCUT2D eigenvalue weighted by atomic mass is 10.2. The van der Waals surface area contributed by atoms with Crippen LogP contribution >= 0.6 is 34.2 Å². The molecule has 0 heterocycles. The molecule has 6 heteroatoms. The fraction of sp³-hybridized carbons (Fsp3) is 0.400. The Labute approximate surface area is 110 Å². The summed E-state index contributed by atoms with van der Waals surface area (Å²) in [5, 5.41) is 0. The van der Waals surface area contributed by atoms with Gasteiger partial charge in [-0.25, -0.2) is 8.42 Å². The standard InChI is InChI=1S/C10H13ClO2S3/c1-7-4-10(15-3)8(5-9(7)14-2)6-16(11,12)13/h4-5H,6H2,1-3H3. The van der Waals surface area contributed by atoms with Gasteiger partial charge in [0.2, 0.25) is 9.05 Å². The molecule has 0 aliphatic rings. The van der Waals surface area contributed by atoms with Crippen molar-refractivity contribution < 1.29 is 8.42 Å². The van der Waals surface area contributed by atoms with Gasteiger partial charge in [0.1, 0.15) is 0 Å². The predicted octanol–water partition coefficient (Wildman–Crippen LogP) is 3.51. The topological polar surface area (TPSA) is 34.1 Å². The molecule has 0 unspecified atom stereocenters. The molecule has 0 atom stereocenters. The Morgan fingerprint density at radius 2 is 1.75 bits per heavy atom. The Morgan fingerprint density at radius 3 is 2.19 bits per heavy atom. The molecule has 0 aliphatic heterocycles.